The molecule has 1 fully saturated rings. The van der Waals surface area contributed by atoms with E-state index in [2.05, 4.69) is 5.92 Å². The third kappa shape index (κ3) is 1.63. The Labute approximate surface area is 70.1 Å². The number of alkyl halides is 2. The first-order valence-electron chi connectivity index (χ1n) is 3.81. The van der Waals surface area contributed by atoms with Crippen LogP contribution in [-0.4, -0.2) is 12.2 Å². The van der Waals surface area contributed by atoms with Crippen molar-refractivity contribution < 1.29 is 13.6 Å². The molecule has 0 N–H and O–H groups in total. The second-order valence-electron chi connectivity index (χ2n) is 3.39. The maximum absolute atomic E-state index is 12.7. The van der Waals surface area contributed by atoms with Crippen molar-refractivity contribution in [3.05, 3.63) is 0 Å². The van der Waals surface area contributed by atoms with Crippen molar-refractivity contribution in [2.75, 3.05) is 0 Å². The molecule has 66 valence electrons. The number of hydrogen-bond donors (Lipinski definition) is 0. The fraction of sp³-hybridized carbons (Fsp3) is 0.667. The van der Waals surface area contributed by atoms with E-state index in [9.17, 15) is 13.6 Å². The van der Waals surface area contributed by atoms with Crippen LogP contribution in [0.4, 0.5) is 8.78 Å². The minimum Gasteiger partial charge on any atom is -0.303 e. The van der Waals surface area contributed by atoms with Crippen molar-refractivity contribution in [1.29, 1.82) is 0 Å². The van der Waals surface area contributed by atoms with Gasteiger partial charge in [-0.2, -0.15) is 0 Å². The minimum atomic E-state index is -2.70. The van der Waals surface area contributed by atoms with E-state index in [0.29, 0.717) is 6.29 Å². The highest BCUT2D eigenvalue weighted by Gasteiger charge is 2.48. The third-order valence-electron chi connectivity index (χ3n) is 2.30. The summed E-state index contributed by atoms with van der Waals surface area (Å²) in [6.07, 6.45) is 5.35. The molecule has 0 amide bonds. The monoisotopic (exact) mass is 172 g/mol. The highest BCUT2D eigenvalue weighted by atomic mass is 19.3. The van der Waals surface area contributed by atoms with Gasteiger partial charge in [-0.05, 0) is 6.42 Å². The van der Waals surface area contributed by atoms with Crippen molar-refractivity contribution in [2.45, 2.75) is 31.6 Å². The van der Waals surface area contributed by atoms with Gasteiger partial charge in [-0.25, -0.2) is 8.78 Å². The molecule has 0 bridgehead atoms. The molecule has 1 aliphatic rings. The maximum Gasteiger partial charge on any atom is 0.249 e. The summed E-state index contributed by atoms with van der Waals surface area (Å²) in [6.45, 7) is 0. The van der Waals surface area contributed by atoms with Crippen LogP contribution < -0.4 is 0 Å². The standard InChI is InChI=1S/C9H10F2O/c1-2-3-8(7-12)4-5-9(10,11)6-8/h1,7H,3-6H2. The molecule has 1 rings (SSSR count). The summed E-state index contributed by atoms with van der Waals surface area (Å²) in [5.41, 5.74) is -0.946. The predicted octanol–water partition coefficient (Wildman–Crippen LogP) is 2.01. The van der Waals surface area contributed by atoms with Crippen LogP contribution in [0.25, 0.3) is 0 Å². The van der Waals surface area contributed by atoms with E-state index in [4.69, 9.17) is 6.42 Å². The normalized spacial score (nSPS) is 32.8. The molecule has 0 aromatic rings. The van der Waals surface area contributed by atoms with Crippen LogP contribution in [0.15, 0.2) is 0 Å². The number of terminal acetylenes is 1. The van der Waals surface area contributed by atoms with Gasteiger partial charge in [0.2, 0.25) is 5.92 Å². The summed E-state index contributed by atoms with van der Waals surface area (Å²) in [5.74, 6) is -0.422. The molecule has 0 radical (unpaired) electrons. The van der Waals surface area contributed by atoms with Gasteiger partial charge in [-0.15, -0.1) is 12.3 Å². The SMILES string of the molecule is C#CCC1(C=O)CCC(F)(F)C1. The van der Waals surface area contributed by atoms with Gasteiger partial charge in [-0.3, -0.25) is 0 Å². The van der Waals surface area contributed by atoms with Crippen molar-refractivity contribution in [3.63, 3.8) is 0 Å². The smallest absolute Gasteiger partial charge is 0.249 e. The zero-order valence-electron chi connectivity index (χ0n) is 6.65. The Balaban J connectivity index is 2.74. The lowest BCUT2D eigenvalue weighted by Gasteiger charge is -2.18. The zero-order valence-corrected chi connectivity index (χ0v) is 6.65. The van der Waals surface area contributed by atoms with Gasteiger partial charge >= 0.3 is 0 Å². The van der Waals surface area contributed by atoms with Crippen LogP contribution in [0.5, 0.6) is 0 Å². The molecule has 0 aromatic carbocycles. The quantitative estimate of drug-likeness (QED) is 0.460. The fourth-order valence-electron chi connectivity index (χ4n) is 1.62. The number of carbonyl (C=O) groups excluding carboxylic acids is 1. The Morgan fingerprint density at radius 3 is 2.50 bits per heavy atom. The Hall–Kier alpha value is -0.910. The van der Waals surface area contributed by atoms with Gasteiger partial charge in [0.05, 0.1) is 0 Å². The number of aldehydes is 1. The second-order valence-corrected chi connectivity index (χ2v) is 3.39. The highest BCUT2D eigenvalue weighted by molar-refractivity contribution is 5.61. The van der Waals surface area contributed by atoms with Crippen LogP contribution >= 0.6 is 0 Å². The molecule has 12 heavy (non-hydrogen) atoms. The van der Waals surface area contributed by atoms with Crippen molar-refractivity contribution in [1.82, 2.24) is 0 Å². The van der Waals surface area contributed by atoms with E-state index >= 15 is 0 Å². The van der Waals surface area contributed by atoms with Gasteiger partial charge in [0.25, 0.3) is 0 Å². The highest BCUT2D eigenvalue weighted by Crippen LogP contribution is 2.47. The Bertz CT molecular complexity index is 229. The Kier molecular flexibility index (Phi) is 2.18. The molecule has 0 aliphatic heterocycles. The first-order valence-corrected chi connectivity index (χ1v) is 3.81. The average molecular weight is 172 g/mol. The topological polar surface area (TPSA) is 17.1 Å². The van der Waals surface area contributed by atoms with E-state index < -0.39 is 11.3 Å². The lowest BCUT2D eigenvalue weighted by molar-refractivity contribution is -0.117. The zero-order chi connectivity index (χ0) is 9.24. The lowest BCUT2D eigenvalue weighted by Crippen LogP contribution is -2.21. The van der Waals surface area contributed by atoms with Crippen molar-refractivity contribution in [3.8, 4) is 12.3 Å². The van der Waals surface area contributed by atoms with Crippen LogP contribution in [0.2, 0.25) is 0 Å². The van der Waals surface area contributed by atoms with Crippen LogP contribution in [-0.2, 0) is 4.79 Å². The van der Waals surface area contributed by atoms with Gasteiger partial charge < -0.3 is 4.79 Å². The molecular formula is C9H10F2O. The molecule has 1 nitrogen and oxygen atoms in total. The molecule has 1 saturated carbocycles. The molecule has 0 heterocycles. The Morgan fingerprint density at radius 2 is 2.17 bits per heavy atom. The van der Waals surface area contributed by atoms with Crippen LogP contribution in [0.3, 0.4) is 0 Å². The summed E-state index contributed by atoms with van der Waals surface area (Å²) in [5, 5.41) is 0. The molecule has 1 aliphatic carbocycles. The van der Waals surface area contributed by atoms with Crippen LogP contribution in [0.1, 0.15) is 25.7 Å². The van der Waals surface area contributed by atoms with E-state index in [-0.39, 0.29) is 25.7 Å². The third-order valence-corrected chi connectivity index (χ3v) is 2.30. The number of hydrogen-bond acceptors (Lipinski definition) is 1. The molecule has 0 spiro atoms. The Morgan fingerprint density at radius 1 is 1.50 bits per heavy atom. The van der Waals surface area contributed by atoms with Crippen LogP contribution in [0, 0.1) is 17.8 Å². The van der Waals surface area contributed by atoms with Gasteiger partial charge in [0, 0.05) is 24.7 Å². The molecular weight excluding hydrogens is 162 g/mol. The number of halogens is 2. The second kappa shape index (κ2) is 2.85. The molecule has 0 saturated heterocycles. The first-order chi connectivity index (χ1) is 5.54. The van der Waals surface area contributed by atoms with E-state index in [1.54, 1.807) is 0 Å². The van der Waals surface area contributed by atoms with E-state index in [1.165, 1.54) is 0 Å². The molecule has 1 atom stereocenters. The maximum atomic E-state index is 12.7. The minimum absolute atomic E-state index is 0.131. The fourth-order valence-corrected chi connectivity index (χ4v) is 1.62. The van der Waals surface area contributed by atoms with Gasteiger partial charge in [0.15, 0.2) is 0 Å². The average Bonchev–Trinajstić information content (AvgIpc) is 2.29. The van der Waals surface area contributed by atoms with E-state index in [0.717, 1.165) is 0 Å². The summed E-state index contributed by atoms with van der Waals surface area (Å²) in [7, 11) is 0. The molecule has 1 unspecified atom stereocenters. The summed E-state index contributed by atoms with van der Waals surface area (Å²) < 4.78 is 25.4. The number of carbonyl (C=O) groups is 1. The predicted molar refractivity (Wildman–Crippen MR) is 40.7 cm³/mol. The molecule has 0 aromatic heterocycles. The van der Waals surface area contributed by atoms with Gasteiger partial charge in [0.1, 0.15) is 6.29 Å². The van der Waals surface area contributed by atoms with Gasteiger partial charge in [-0.1, -0.05) is 0 Å². The van der Waals surface area contributed by atoms with Crippen molar-refractivity contribution in [2.24, 2.45) is 5.41 Å². The van der Waals surface area contributed by atoms with E-state index in [1.807, 2.05) is 0 Å². The number of rotatable bonds is 2. The molecule has 3 heteroatoms. The largest absolute Gasteiger partial charge is 0.303 e. The lowest BCUT2D eigenvalue weighted by atomic mass is 9.85. The summed E-state index contributed by atoms with van der Waals surface area (Å²) >= 11 is 0. The van der Waals surface area contributed by atoms with Crippen molar-refractivity contribution >= 4 is 6.29 Å². The first kappa shape index (κ1) is 9.18. The summed E-state index contributed by atoms with van der Waals surface area (Å²) in [6, 6.07) is 0. The summed E-state index contributed by atoms with van der Waals surface area (Å²) in [4.78, 5) is 10.6.